The Bertz CT molecular complexity index is 1710. The van der Waals surface area contributed by atoms with E-state index in [0.717, 1.165) is 36.4 Å². The number of rotatable bonds is 10. The molecule has 0 radical (unpaired) electrons. The summed E-state index contributed by atoms with van der Waals surface area (Å²) in [6, 6.07) is 10.2. The van der Waals surface area contributed by atoms with E-state index in [1.807, 2.05) is 0 Å². The molecule has 204 valence electrons. The number of benzene rings is 3. The molecule has 0 aliphatic carbocycles. The van der Waals surface area contributed by atoms with Gasteiger partial charge in [-0.2, -0.15) is 32.2 Å². The summed E-state index contributed by atoms with van der Waals surface area (Å²) in [4.78, 5) is 18.7. The molecule has 0 aliphatic heterocycles. The molecule has 0 saturated carbocycles. The van der Waals surface area contributed by atoms with E-state index in [2.05, 4.69) is 20.5 Å². The number of ether oxygens (including phenoxy) is 1. The lowest BCUT2D eigenvalue weighted by Gasteiger charge is -2.12. The molecule has 19 heteroatoms. The van der Waals surface area contributed by atoms with Gasteiger partial charge in [0.25, 0.3) is 31.6 Å². The van der Waals surface area contributed by atoms with E-state index >= 15 is 0 Å². The standard InChI is InChI=1S/C20H16N6O11S2/c1-37-18-10-14(26(29)30)6-9-17(18)22-24-20(23-21-12-2-4-13(5-3-12)25(27)28)16-8-7-15(38(31,32)33)11-19(16)39(34,35)36/h2-11,20H,1H3,(H,31,32,33)(H,34,35,36). The highest BCUT2D eigenvalue weighted by Crippen LogP contribution is 2.35. The van der Waals surface area contributed by atoms with E-state index in [4.69, 9.17) is 4.74 Å². The molecule has 0 fully saturated rings. The van der Waals surface area contributed by atoms with Gasteiger partial charge in [0.05, 0.1) is 33.6 Å². The summed E-state index contributed by atoms with van der Waals surface area (Å²) >= 11 is 0. The summed E-state index contributed by atoms with van der Waals surface area (Å²) < 4.78 is 71.3. The van der Waals surface area contributed by atoms with Crippen molar-refractivity contribution in [2.75, 3.05) is 7.11 Å². The molecule has 0 spiro atoms. The monoisotopic (exact) mass is 580 g/mol. The second-order valence-electron chi connectivity index (χ2n) is 7.34. The Morgan fingerprint density at radius 2 is 1.38 bits per heavy atom. The van der Waals surface area contributed by atoms with E-state index in [-0.39, 0.29) is 28.5 Å². The molecule has 1 atom stereocenters. The van der Waals surface area contributed by atoms with Gasteiger partial charge < -0.3 is 4.74 Å². The Labute approximate surface area is 219 Å². The molecule has 3 aromatic carbocycles. The number of azo groups is 2. The SMILES string of the molecule is COc1cc([N+](=O)[O-])ccc1N=NC(N=Nc1ccc([N+](=O)[O-])cc1)c1ccc(S(=O)(=O)O)cc1S(=O)(=O)O. The lowest BCUT2D eigenvalue weighted by molar-refractivity contribution is -0.385. The first-order valence-corrected chi connectivity index (χ1v) is 13.1. The van der Waals surface area contributed by atoms with Crippen molar-refractivity contribution in [3.05, 3.63) is 86.5 Å². The van der Waals surface area contributed by atoms with Gasteiger partial charge in [0.15, 0.2) is 5.75 Å². The predicted octanol–water partition coefficient (Wildman–Crippen LogP) is 4.57. The zero-order valence-electron chi connectivity index (χ0n) is 19.4. The fourth-order valence-corrected chi connectivity index (χ4v) is 4.33. The van der Waals surface area contributed by atoms with E-state index in [1.165, 1.54) is 25.3 Å². The van der Waals surface area contributed by atoms with Crippen LogP contribution < -0.4 is 4.74 Å². The average molecular weight is 581 g/mol. The van der Waals surface area contributed by atoms with Crippen LogP contribution in [-0.4, -0.2) is 42.9 Å². The van der Waals surface area contributed by atoms with Gasteiger partial charge in [-0.15, -0.1) is 5.11 Å². The summed E-state index contributed by atoms with van der Waals surface area (Å²) in [6.45, 7) is 0. The number of nitro groups is 2. The Morgan fingerprint density at radius 1 is 0.795 bits per heavy atom. The number of nitrogens with zero attached hydrogens (tertiary/aromatic N) is 6. The molecule has 2 N–H and O–H groups in total. The van der Waals surface area contributed by atoms with Crippen LogP contribution in [0.25, 0.3) is 0 Å². The van der Waals surface area contributed by atoms with Crippen molar-refractivity contribution in [3.63, 3.8) is 0 Å². The van der Waals surface area contributed by atoms with E-state index < -0.39 is 51.6 Å². The van der Waals surface area contributed by atoms with Gasteiger partial charge in [-0.3, -0.25) is 29.3 Å². The van der Waals surface area contributed by atoms with Gasteiger partial charge >= 0.3 is 0 Å². The largest absolute Gasteiger partial charge is 0.494 e. The molecule has 1 unspecified atom stereocenters. The van der Waals surface area contributed by atoms with Crippen molar-refractivity contribution in [3.8, 4) is 5.75 Å². The maximum absolute atomic E-state index is 12.1. The van der Waals surface area contributed by atoms with Gasteiger partial charge in [0, 0.05) is 23.8 Å². The minimum atomic E-state index is -5.12. The average Bonchev–Trinajstić information content (AvgIpc) is 2.87. The van der Waals surface area contributed by atoms with Crippen LogP contribution in [0.15, 0.2) is 90.9 Å². The maximum Gasteiger partial charge on any atom is 0.294 e. The molecule has 0 saturated heterocycles. The first-order valence-electron chi connectivity index (χ1n) is 10.2. The third kappa shape index (κ3) is 7.19. The highest BCUT2D eigenvalue weighted by molar-refractivity contribution is 7.86. The zero-order valence-corrected chi connectivity index (χ0v) is 21.1. The predicted molar refractivity (Wildman–Crippen MR) is 131 cm³/mol. The molecule has 0 heterocycles. The minimum absolute atomic E-state index is 0.0541. The van der Waals surface area contributed by atoms with Crippen molar-refractivity contribution in [1.29, 1.82) is 0 Å². The molecule has 0 aliphatic rings. The number of nitro benzene ring substituents is 2. The molecular formula is C20H16N6O11S2. The fraction of sp³-hybridized carbons (Fsp3) is 0.100. The molecule has 3 rings (SSSR count). The van der Waals surface area contributed by atoms with Gasteiger partial charge in [0.1, 0.15) is 10.6 Å². The molecule has 0 aromatic heterocycles. The van der Waals surface area contributed by atoms with Crippen LogP contribution in [0.2, 0.25) is 0 Å². The topological polar surface area (TPSA) is 254 Å². The zero-order chi connectivity index (χ0) is 29.0. The second-order valence-corrected chi connectivity index (χ2v) is 10.2. The van der Waals surface area contributed by atoms with Crippen LogP contribution in [0, 0.1) is 20.2 Å². The molecular weight excluding hydrogens is 564 g/mol. The van der Waals surface area contributed by atoms with Crippen molar-refractivity contribution < 1.29 is 40.5 Å². The van der Waals surface area contributed by atoms with Crippen LogP contribution >= 0.6 is 0 Å². The van der Waals surface area contributed by atoms with Crippen LogP contribution in [0.3, 0.4) is 0 Å². The van der Waals surface area contributed by atoms with E-state index in [1.54, 1.807) is 0 Å². The van der Waals surface area contributed by atoms with Gasteiger partial charge in [-0.1, -0.05) is 6.07 Å². The van der Waals surface area contributed by atoms with Gasteiger partial charge in [0.2, 0.25) is 6.17 Å². The van der Waals surface area contributed by atoms with Crippen LogP contribution in [0.1, 0.15) is 11.7 Å². The smallest absolute Gasteiger partial charge is 0.294 e. The van der Waals surface area contributed by atoms with Crippen molar-refractivity contribution >= 4 is 43.0 Å². The molecule has 39 heavy (non-hydrogen) atoms. The lowest BCUT2D eigenvalue weighted by atomic mass is 10.2. The van der Waals surface area contributed by atoms with Crippen LogP contribution in [-0.2, 0) is 20.2 Å². The summed E-state index contributed by atoms with van der Waals surface area (Å²) in [5, 5.41) is 37.4. The summed E-state index contributed by atoms with van der Waals surface area (Å²) in [7, 11) is -8.80. The normalized spacial score (nSPS) is 13.0. The molecule has 17 nitrogen and oxygen atoms in total. The third-order valence-electron chi connectivity index (χ3n) is 4.83. The third-order valence-corrected chi connectivity index (χ3v) is 6.59. The summed E-state index contributed by atoms with van der Waals surface area (Å²) in [5.41, 5.74) is -0.988. The number of non-ortho nitro benzene ring substituents is 2. The highest BCUT2D eigenvalue weighted by atomic mass is 32.2. The summed E-state index contributed by atoms with van der Waals surface area (Å²) in [6.07, 6.45) is -1.69. The first kappa shape index (κ1) is 28.8. The highest BCUT2D eigenvalue weighted by Gasteiger charge is 2.26. The minimum Gasteiger partial charge on any atom is -0.494 e. The van der Waals surface area contributed by atoms with Crippen molar-refractivity contribution in [2.24, 2.45) is 20.5 Å². The van der Waals surface area contributed by atoms with Gasteiger partial charge in [-0.25, -0.2) is 0 Å². The Balaban J connectivity index is 2.17. The summed E-state index contributed by atoms with van der Waals surface area (Å²) in [5.74, 6) is -0.0873. The van der Waals surface area contributed by atoms with Crippen molar-refractivity contribution in [1.82, 2.24) is 0 Å². The van der Waals surface area contributed by atoms with Crippen molar-refractivity contribution in [2.45, 2.75) is 16.0 Å². The second kappa shape index (κ2) is 11.3. The number of hydrogen-bond donors (Lipinski definition) is 2. The molecule has 3 aromatic rings. The van der Waals surface area contributed by atoms with Gasteiger partial charge in [-0.05, 0) is 30.3 Å². The van der Waals surface area contributed by atoms with E-state index in [0.29, 0.717) is 6.07 Å². The Morgan fingerprint density at radius 3 is 1.92 bits per heavy atom. The number of methoxy groups -OCH3 is 1. The Hall–Kier alpha value is -4.72. The van der Waals surface area contributed by atoms with E-state index in [9.17, 15) is 46.2 Å². The lowest BCUT2D eigenvalue weighted by Crippen LogP contribution is -2.08. The molecule has 0 amide bonds. The van der Waals surface area contributed by atoms with Crippen LogP contribution in [0.5, 0.6) is 5.75 Å². The maximum atomic E-state index is 12.1. The quantitative estimate of drug-likeness (QED) is 0.145. The number of hydrogen-bond acceptors (Lipinski definition) is 13. The Kier molecular flexibility index (Phi) is 8.39. The first-order chi connectivity index (χ1) is 18.2. The van der Waals surface area contributed by atoms with Crippen LogP contribution in [0.4, 0.5) is 22.7 Å². The molecule has 0 bridgehead atoms. The fourth-order valence-electron chi connectivity index (χ4n) is 3.00.